The summed E-state index contributed by atoms with van der Waals surface area (Å²) in [5.74, 6) is 0. The van der Waals surface area contributed by atoms with E-state index in [9.17, 15) is 6.85 Å². The van der Waals surface area contributed by atoms with E-state index in [1.807, 2.05) is 115 Å². The number of fused-ring (bicyclic) bond motifs is 3. The van der Waals surface area contributed by atoms with Crippen LogP contribution in [0.4, 0.5) is 0 Å². The van der Waals surface area contributed by atoms with Crippen molar-refractivity contribution in [2.45, 2.75) is 0 Å². The Labute approximate surface area is 291 Å². The summed E-state index contributed by atoms with van der Waals surface area (Å²) in [7, 11) is 0. The minimum Gasteiger partial charge on any atom is -0.0622 e. The third-order valence-corrected chi connectivity index (χ3v) is 9.08. The maximum atomic E-state index is 9.99. The molecule has 0 aliphatic carbocycles. The lowest BCUT2D eigenvalue weighted by Crippen LogP contribution is -1.92. The fourth-order valence-electron chi connectivity index (χ4n) is 6.73. The molecule has 0 N–H and O–H groups in total. The molecular formula is C48H32. The maximum absolute atomic E-state index is 9.99. The predicted octanol–water partition coefficient (Wildman–Crippen LogP) is 13.5. The summed E-state index contributed by atoms with van der Waals surface area (Å²) in [6.45, 7) is 0. The standard InChI is InChI=1S/C48H32/c1-3-12-33(13-4-1)35-22-24-36(25-23-35)39-18-11-19-42(31-39)48-44-21-10-9-20-43(44)47(37-15-5-2-6-16-37)45-29-28-41(32-46(45)48)40-27-26-34-14-7-8-17-38(34)30-40/h1-32H/i9D,10D,20D,21D,28D,29D,32D. The molecule has 0 aromatic heterocycles. The van der Waals surface area contributed by atoms with Crippen molar-refractivity contribution in [1.82, 2.24) is 0 Å². The Bertz CT molecular complexity index is 2970. The van der Waals surface area contributed by atoms with Crippen LogP contribution < -0.4 is 0 Å². The third kappa shape index (κ3) is 4.96. The van der Waals surface area contributed by atoms with Gasteiger partial charge >= 0.3 is 0 Å². The van der Waals surface area contributed by atoms with Crippen molar-refractivity contribution in [1.29, 1.82) is 0 Å². The highest BCUT2D eigenvalue weighted by molar-refractivity contribution is 6.22. The van der Waals surface area contributed by atoms with E-state index >= 15 is 0 Å². The molecule has 0 aliphatic heterocycles. The van der Waals surface area contributed by atoms with Crippen LogP contribution in [0.25, 0.3) is 88.0 Å². The van der Waals surface area contributed by atoms with Crippen molar-refractivity contribution in [3.63, 3.8) is 0 Å². The molecule has 0 heterocycles. The monoisotopic (exact) mass is 615 g/mol. The van der Waals surface area contributed by atoms with Gasteiger partial charge < -0.3 is 0 Å². The molecule has 0 saturated heterocycles. The molecule has 0 amide bonds. The summed E-state index contributed by atoms with van der Waals surface area (Å²) in [6, 6.07) is 47.7. The van der Waals surface area contributed by atoms with Gasteiger partial charge in [0.15, 0.2) is 0 Å². The van der Waals surface area contributed by atoms with Crippen LogP contribution in [0, 0.1) is 0 Å². The molecule has 0 heteroatoms. The van der Waals surface area contributed by atoms with E-state index in [0.717, 1.165) is 33.0 Å². The molecule has 9 aromatic rings. The minimum atomic E-state index is -0.385. The second-order valence-corrected chi connectivity index (χ2v) is 12.0. The van der Waals surface area contributed by atoms with E-state index in [0.29, 0.717) is 38.6 Å². The van der Waals surface area contributed by atoms with E-state index in [1.165, 1.54) is 0 Å². The van der Waals surface area contributed by atoms with Crippen LogP contribution in [-0.4, -0.2) is 0 Å². The van der Waals surface area contributed by atoms with Gasteiger partial charge in [0.1, 0.15) is 0 Å². The minimum absolute atomic E-state index is 0.0189. The van der Waals surface area contributed by atoms with Crippen molar-refractivity contribution in [2.24, 2.45) is 0 Å². The molecule has 0 fully saturated rings. The fourth-order valence-corrected chi connectivity index (χ4v) is 6.73. The third-order valence-electron chi connectivity index (χ3n) is 9.08. The Kier molecular flexibility index (Phi) is 5.31. The first-order chi connectivity index (χ1) is 26.7. The lowest BCUT2D eigenvalue weighted by Gasteiger charge is -2.19. The summed E-state index contributed by atoms with van der Waals surface area (Å²) in [4.78, 5) is 0. The van der Waals surface area contributed by atoms with Crippen LogP contribution in [0.5, 0.6) is 0 Å². The van der Waals surface area contributed by atoms with Crippen molar-refractivity contribution in [3.05, 3.63) is 194 Å². The first-order valence-electron chi connectivity index (χ1n) is 19.5. The Morgan fingerprint density at radius 1 is 0.292 bits per heavy atom. The summed E-state index contributed by atoms with van der Waals surface area (Å²) in [5.41, 5.74) is 7.05. The Balaban J connectivity index is 1.42. The van der Waals surface area contributed by atoms with E-state index in [2.05, 4.69) is 36.4 Å². The molecular weight excluding hydrogens is 577 g/mol. The molecule has 0 unspecified atom stereocenters. The molecule has 224 valence electrons. The van der Waals surface area contributed by atoms with Crippen molar-refractivity contribution < 1.29 is 9.60 Å². The zero-order chi connectivity index (χ0) is 38.0. The summed E-state index contributed by atoms with van der Waals surface area (Å²) in [6.07, 6.45) is 0. The second-order valence-electron chi connectivity index (χ2n) is 12.0. The average molecular weight is 616 g/mol. The van der Waals surface area contributed by atoms with Gasteiger partial charge in [0.25, 0.3) is 0 Å². The van der Waals surface area contributed by atoms with Gasteiger partial charge in [0.05, 0.1) is 9.60 Å². The molecule has 0 bridgehead atoms. The van der Waals surface area contributed by atoms with Crippen molar-refractivity contribution >= 4 is 32.3 Å². The first kappa shape index (κ1) is 21.5. The van der Waals surface area contributed by atoms with Crippen LogP contribution in [-0.2, 0) is 0 Å². The average Bonchev–Trinajstić information content (AvgIpc) is 3.23. The molecule has 48 heavy (non-hydrogen) atoms. The molecule has 0 nitrogen and oxygen atoms in total. The van der Waals surface area contributed by atoms with E-state index in [-0.39, 0.29) is 58.6 Å². The Hall–Kier alpha value is -6.24. The van der Waals surface area contributed by atoms with Gasteiger partial charge in [0, 0.05) is 0 Å². The summed E-state index contributed by atoms with van der Waals surface area (Å²) >= 11 is 0. The number of hydrogen-bond donors (Lipinski definition) is 0. The van der Waals surface area contributed by atoms with Crippen LogP contribution in [0.2, 0.25) is 0 Å². The molecule has 0 saturated carbocycles. The number of hydrogen-bond acceptors (Lipinski definition) is 0. The van der Waals surface area contributed by atoms with Gasteiger partial charge in [-0.25, -0.2) is 0 Å². The normalized spacial score (nSPS) is 13.4. The summed E-state index contributed by atoms with van der Waals surface area (Å²) in [5, 5.41) is 3.13. The molecule has 0 spiro atoms. The number of rotatable bonds is 5. The quantitative estimate of drug-likeness (QED) is 0.169. The van der Waals surface area contributed by atoms with Crippen molar-refractivity contribution in [3.8, 4) is 55.6 Å². The molecule has 9 rings (SSSR count). The van der Waals surface area contributed by atoms with Gasteiger partial charge in [-0.05, 0) is 106 Å². The highest BCUT2D eigenvalue weighted by Crippen LogP contribution is 2.45. The van der Waals surface area contributed by atoms with Gasteiger partial charge in [-0.15, -0.1) is 0 Å². The molecule has 0 aliphatic rings. The molecule has 0 radical (unpaired) electrons. The van der Waals surface area contributed by atoms with Crippen molar-refractivity contribution in [2.75, 3.05) is 0 Å². The lowest BCUT2D eigenvalue weighted by atomic mass is 9.84. The fraction of sp³-hybridized carbons (Fsp3) is 0. The van der Waals surface area contributed by atoms with Gasteiger partial charge in [-0.1, -0.05) is 176 Å². The SMILES string of the molecule is [2H]c1c([2H])c([2H])c2c(-c3cccc(-c4ccc(-c5ccccc5)cc4)c3)c3c([2H])c(-c4ccc5ccccc5c4)c([2H])c([2H])c3c(-c3ccccc3)c2c1[2H]. The first-order valence-corrected chi connectivity index (χ1v) is 16.0. The van der Waals surface area contributed by atoms with E-state index in [1.54, 1.807) is 0 Å². The zero-order valence-electron chi connectivity index (χ0n) is 32.9. The maximum Gasteiger partial charge on any atom is 0.0636 e. The van der Waals surface area contributed by atoms with Crippen LogP contribution in [0.3, 0.4) is 0 Å². The van der Waals surface area contributed by atoms with Gasteiger partial charge in [-0.2, -0.15) is 0 Å². The Morgan fingerprint density at radius 2 is 0.792 bits per heavy atom. The molecule has 9 aromatic carbocycles. The lowest BCUT2D eigenvalue weighted by molar-refractivity contribution is 1.58. The highest BCUT2D eigenvalue weighted by Gasteiger charge is 2.18. The zero-order valence-corrected chi connectivity index (χ0v) is 25.9. The smallest absolute Gasteiger partial charge is 0.0622 e. The molecule has 0 atom stereocenters. The van der Waals surface area contributed by atoms with Gasteiger partial charge in [-0.3, -0.25) is 0 Å². The van der Waals surface area contributed by atoms with Crippen LogP contribution in [0.15, 0.2) is 194 Å². The van der Waals surface area contributed by atoms with E-state index in [4.69, 9.17) is 2.74 Å². The van der Waals surface area contributed by atoms with Crippen LogP contribution >= 0.6 is 0 Å². The largest absolute Gasteiger partial charge is 0.0636 e. The van der Waals surface area contributed by atoms with Gasteiger partial charge in [0.2, 0.25) is 0 Å². The van der Waals surface area contributed by atoms with E-state index < -0.39 is 0 Å². The highest BCUT2D eigenvalue weighted by atomic mass is 14.2. The summed E-state index contributed by atoms with van der Waals surface area (Å²) < 4.78 is 65.5. The number of benzene rings is 9. The predicted molar refractivity (Wildman–Crippen MR) is 206 cm³/mol. The topological polar surface area (TPSA) is 0 Å². The Morgan fingerprint density at radius 3 is 1.52 bits per heavy atom. The second kappa shape index (κ2) is 11.8. The van der Waals surface area contributed by atoms with Crippen LogP contribution in [0.1, 0.15) is 9.60 Å².